The van der Waals surface area contributed by atoms with Crippen molar-refractivity contribution in [3.05, 3.63) is 48.3 Å². The second-order valence-electron chi connectivity index (χ2n) is 6.91. The van der Waals surface area contributed by atoms with Crippen LogP contribution in [-0.2, 0) is 14.8 Å². The van der Waals surface area contributed by atoms with E-state index in [2.05, 4.69) is 9.97 Å². The van der Waals surface area contributed by atoms with Crippen LogP contribution < -0.4 is 4.74 Å². The Labute approximate surface area is 156 Å². The Bertz CT molecular complexity index is 1100. The lowest BCUT2D eigenvalue weighted by molar-refractivity contribution is 0.0197. The first-order valence-corrected chi connectivity index (χ1v) is 9.57. The van der Waals surface area contributed by atoms with Crippen molar-refractivity contribution >= 4 is 27.3 Å². The fourth-order valence-corrected chi connectivity index (χ4v) is 3.59. The molecule has 2 heterocycles. The highest BCUT2D eigenvalue weighted by molar-refractivity contribution is 7.90. The molecule has 0 aliphatic carbocycles. The monoisotopic (exact) mass is 389 g/mol. The van der Waals surface area contributed by atoms with Gasteiger partial charge >= 0.3 is 6.16 Å². The van der Waals surface area contributed by atoms with Crippen molar-refractivity contribution in [1.82, 2.24) is 13.9 Å². The molecule has 0 aliphatic heterocycles. The third-order valence-corrected chi connectivity index (χ3v) is 5.17. The molecule has 0 N–H and O–H groups in total. The second-order valence-corrected chi connectivity index (χ2v) is 8.73. The van der Waals surface area contributed by atoms with Crippen LogP contribution in [0.5, 0.6) is 5.88 Å². The van der Waals surface area contributed by atoms with Crippen molar-refractivity contribution in [1.29, 1.82) is 0 Å². The fraction of sp³-hybridized carbons (Fsp3) is 0.278. The van der Waals surface area contributed by atoms with Crippen LogP contribution in [0.1, 0.15) is 26.3 Å². The Balaban J connectivity index is 1.92. The van der Waals surface area contributed by atoms with Gasteiger partial charge in [0.05, 0.1) is 11.1 Å². The molecule has 0 saturated carbocycles. The van der Waals surface area contributed by atoms with Crippen LogP contribution >= 0.6 is 0 Å². The Morgan fingerprint density at radius 1 is 1.11 bits per heavy atom. The zero-order valence-corrected chi connectivity index (χ0v) is 16.1. The van der Waals surface area contributed by atoms with E-state index in [1.54, 1.807) is 32.9 Å². The highest BCUT2D eigenvalue weighted by Gasteiger charge is 2.22. The molecule has 0 unspecified atom stereocenters. The quantitative estimate of drug-likeness (QED) is 0.634. The Kier molecular flexibility index (Phi) is 4.64. The van der Waals surface area contributed by atoms with Crippen LogP contribution in [0.4, 0.5) is 4.79 Å². The molecule has 0 bridgehead atoms. The first kappa shape index (κ1) is 18.8. The van der Waals surface area contributed by atoms with E-state index in [0.29, 0.717) is 0 Å². The van der Waals surface area contributed by atoms with Gasteiger partial charge in [-0.2, -0.15) is 0 Å². The predicted octanol–water partition coefficient (Wildman–Crippen LogP) is 3.29. The minimum Gasteiger partial charge on any atom is -0.428 e. The van der Waals surface area contributed by atoms with E-state index >= 15 is 0 Å². The average molecular weight is 389 g/mol. The number of fused-ring (bicyclic) bond motifs is 1. The van der Waals surface area contributed by atoms with Gasteiger partial charge in [-0.05, 0) is 45.9 Å². The van der Waals surface area contributed by atoms with Crippen LogP contribution in [0.2, 0.25) is 0 Å². The SMILES string of the molecule is Cc1ccc(S(=O)(=O)n2ccc3nc(OC(=O)OC(C)(C)C)cnc32)cc1. The first-order chi connectivity index (χ1) is 12.6. The molecule has 3 aromatic rings. The molecule has 3 rings (SSSR count). The number of nitrogens with zero attached hydrogens (tertiary/aromatic N) is 3. The summed E-state index contributed by atoms with van der Waals surface area (Å²) in [5.74, 6) is -0.0813. The normalized spacial score (nSPS) is 12.1. The van der Waals surface area contributed by atoms with E-state index in [1.165, 1.54) is 30.6 Å². The molecule has 1 aromatic carbocycles. The van der Waals surface area contributed by atoms with E-state index < -0.39 is 21.8 Å². The molecule has 0 atom stereocenters. The number of carbonyl (C=O) groups is 1. The summed E-state index contributed by atoms with van der Waals surface area (Å²) in [6.07, 6.45) is 1.62. The van der Waals surface area contributed by atoms with Crippen LogP contribution in [0, 0.1) is 6.92 Å². The van der Waals surface area contributed by atoms with Crippen molar-refractivity contribution in [2.45, 2.75) is 38.2 Å². The second kappa shape index (κ2) is 6.66. The molecular formula is C18H19N3O5S. The number of hydrogen-bond acceptors (Lipinski definition) is 7. The Hall–Kier alpha value is -2.94. The molecule has 0 saturated heterocycles. The number of aromatic nitrogens is 3. The van der Waals surface area contributed by atoms with E-state index in [0.717, 1.165) is 9.54 Å². The summed E-state index contributed by atoms with van der Waals surface area (Å²) in [6, 6.07) is 7.98. The smallest absolute Gasteiger partial charge is 0.428 e. The fourth-order valence-electron chi connectivity index (χ4n) is 2.29. The van der Waals surface area contributed by atoms with Gasteiger partial charge in [0, 0.05) is 6.20 Å². The number of ether oxygens (including phenoxy) is 2. The van der Waals surface area contributed by atoms with Crippen molar-refractivity contribution in [3.63, 3.8) is 0 Å². The van der Waals surface area contributed by atoms with Crippen LogP contribution in [0.15, 0.2) is 47.6 Å². The van der Waals surface area contributed by atoms with Gasteiger partial charge < -0.3 is 9.47 Å². The molecule has 142 valence electrons. The average Bonchev–Trinajstić information content (AvgIpc) is 2.97. The number of hydrogen-bond donors (Lipinski definition) is 0. The summed E-state index contributed by atoms with van der Waals surface area (Å²) < 4.78 is 36.7. The molecule has 8 nitrogen and oxygen atoms in total. The van der Waals surface area contributed by atoms with Gasteiger partial charge in [-0.25, -0.2) is 27.2 Å². The maximum atomic E-state index is 12.8. The summed E-state index contributed by atoms with van der Waals surface area (Å²) in [5, 5.41) is 0. The molecule has 0 aliphatic rings. The first-order valence-electron chi connectivity index (χ1n) is 8.13. The third-order valence-electron chi connectivity index (χ3n) is 3.49. The zero-order chi connectivity index (χ0) is 19.8. The van der Waals surface area contributed by atoms with Crippen molar-refractivity contribution < 1.29 is 22.7 Å². The van der Waals surface area contributed by atoms with Crippen molar-refractivity contribution in [2.75, 3.05) is 0 Å². The van der Waals surface area contributed by atoms with E-state index in [1.807, 2.05) is 6.92 Å². The number of carbonyl (C=O) groups excluding carboxylic acids is 1. The van der Waals surface area contributed by atoms with Gasteiger partial charge in [-0.1, -0.05) is 17.7 Å². The third kappa shape index (κ3) is 4.08. The molecular weight excluding hydrogens is 370 g/mol. The lowest BCUT2D eigenvalue weighted by Gasteiger charge is -2.18. The number of rotatable bonds is 3. The topological polar surface area (TPSA) is 100 Å². The van der Waals surface area contributed by atoms with E-state index in [9.17, 15) is 13.2 Å². The van der Waals surface area contributed by atoms with E-state index in [-0.39, 0.29) is 21.9 Å². The van der Waals surface area contributed by atoms with Gasteiger partial charge in [0.2, 0.25) is 5.88 Å². The zero-order valence-electron chi connectivity index (χ0n) is 15.3. The van der Waals surface area contributed by atoms with Crippen LogP contribution in [0.3, 0.4) is 0 Å². The minimum absolute atomic E-state index is 0.0813. The largest absolute Gasteiger partial charge is 0.515 e. The Morgan fingerprint density at radius 2 is 1.78 bits per heavy atom. The van der Waals surface area contributed by atoms with Gasteiger partial charge in [0.1, 0.15) is 11.1 Å². The lowest BCUT2D eigenvalue weighted by atomic mass is 10.2. The van der Waals surface area contributed by atoms with Crippen LogP contribution in [0.25, 0.3) is 11.2 Å². The number of aryl methyl sites for hydroxylation is 1. The summed E-state index contributed by atoms with van der Waals surface area (Å²) in [7, 11) is -3.82. The molecule has 2 aromatic heterocycles. The van der Waals surface area contributed by atoms with Crippen molar-refractivity contribution in [3.8, 4) is 5.88 Å². The van der Waals surface area contributed by atoms with Gasteiger partial charge in [-0.15, -0.1) is 0 Å². The number of benzene rings is 1. The summed E-state index contributed by atoms with van der Waals surface area (Å²) in [5.41, 5.74) is 0.647. The Morgan fingerprint density at radius 3 is 2.41 bits per heavy atom. The molecule has 27 heavy (non-hydrogen) atoms. The van der Waals surface area contributed by atoms with Crippen LogP contribution in [-0.4, -0.2) is 34.1 Å². The molecule has 0 fully saturated rings. The highest BCUT2D eigenvalue weighted by Crippen LogP contribution is 2.22. The minimum atomic E-state index is -3.82. The maximum absolute atomic E-state index is 12.8. The maximum Gasteiger partial charge on any atom is 0.515 e. The highest BCUT2D eigenvalue weighted by atomic mass is 32.2. The van der Waals surface area contributed by atoms with Crippen molar-refractivity contribution in [2.24, 2.45) is 0 Å². The van der Waals surface area contributed by atoms with E-state index in [4.69, 9.17) is 9.47 Å². The summed E-state index contributed by atoms with van der Waals surface area (Å²) >= 11 is 0. The molecule has 0 radical (unpaired) electrons. The molecule has 9 heteroatoms. The summed E-state index contributed by atoms with van der Waals surface area (Å²) in [4.78, 5) is 20.1. The van der Waals surface area contributed by atoms with Gasteiger partial charge in [-0.3, -0.25) is 0 Å². The lowest BCUT2D eigenvalue weighted by Crippen LogP contribution is -2.26. The predicted molar refractivity (Wildman–Crippen MR) is 98.2 cm³/mol. The molecule has 0 amide bonds. The van der Waals surface area contributed by atoms with Gasteiger partial charge in [0.25, 0.3) is 10.0 Å². The van der Waals surface area contributed by atoms with Gasteiger partial charge in [0.15, 0.2) is 5.65 Å². The molecule has 0 spiro atoms. The standard InChI is InChI=1S/C18H19N3O5S/c1-12-5-7-13(8-6-12)27(23,24)21-10-9-14-16(21)19-11-15(20-14)25-17(22)26-18(2,3)4/h5-11H,1-4H3. The summed E-state index contributed by atoms with van der Waals surface area (Å²) in [6.45, 7) is 7.00.